The summed E-state index contributed by atoms with van der Waals surface area (Å²) >= 11 is 0. The van der Waals surface area contributed by atoms with Gasteiger partial charge in [-0.15, -0.1) is 6.42 Å². The Morgan fingerprint density at radius 3 is 3.06 bits per heavy atom. The first-order valence-electron chi connectivity index (χ1n) is 5.75. The van der Waals surface area contributed by atoms with Gasteiger partial charge in [0, 0.05) is 6.42 Å². The normalized spacial score (nSPS) is 18.7. The largest absolute Gasteiger partial charge is 0.480 e. The number of para-hydroxylation sites is 1. The Bertz CT molecular complexity index is 437. The van der Waals surface area contributed by atoms with Crippen LogP contribution in [-0.4, -0.2) is 18.1 Å². The first-order valence-corrected chi connectivity index (χ1v) is 5.75. The zero-order valence-electron chi connectivity index (χ0n) is 9.77. The van der Waals surface area contributed by atoms with Crippen LogP contribution in [0.3, 0.4) is 0 Å². The smallest absolute Gasteiger partial charge is 0.262 e. The molecule has 0 bridgehead atoms. The quantitative estimate of drug-likeness (QED) is 0.798. The molecule has 88 valence electrons. The highest BCUT2D eigenvalue weighted by Gasteiger charge is 2.29. The lowest BCUT2D eigenvalue weighted by molar-refractivity contribution is -0.127. The molecular weight excluding hydrogens is 214 g/mol. The second-order valence-electron chi connectivity index (χ2n) is 4.05. The number of carbonyl (C=O) groups excluding carboxylic acids is 1. The third-order valence-corrected chi connectivity index (χ3v) is 2.87. The maximum absolute atomic E-state index is 11.9. The molecular formula is C14H15NO2. The van der Waals surface area contributed by atoms with Crippen molar-refractivity contribution in [1.82, 2.24) is 5.32 Å². The highest BCUT2D eigenvalue weighted by Crippen LogP contribution is 2.28. The molecule has 1 aromatic rings. The molecule has 0 saturated carbocycles. The molecule has 0 radical (unpaired) electrons. The summed E-state index contributed by atoms with van der Waals surface area (Å²) in [6.07, 6.45) is 6.20. The van der Waals surface area contributed by atoms with Crippen LogP contribution in [0.1, 0.15) is 18.9 Å². The lowest BCUT2D eigenvalue weighted by Crippen LogP contribution is -2.42. The second kappa shape index (κ2) is 4.92. The van der Waals surface area contributed by atoms with E-state index in [1.54, 1.807) is 0 Å². The highest BCUT2D eigenvalue weighted by atomic mass is 16.5. The fourth-order valence-corrected chi connectivity index (χ4v) is 1.85. The molecule has 1 heterocycles. The number of fused-ring (bicyclic) bond motifs is 1. The molecule has 0 spiro atoms. The van der Waals surface area contributed by atoms with Crippen molar-refractivity contribution >= 4 is 5.91 Å². The Morgan fingerprint density at radius 2 is 2.41 bits per heavy atom. The van der Waals surface area contributed by atoms with Gasteiger partial charge in [-0.05, 0) is 18.1 Å². The topological polar surface area (TPSA) is 38.3 Å². The van der Waals surface area contributed by atoms with Gasteiger partial charge in [-0.3, -0.25) is 4.79 Å². The van der Waals surface area contributed by atoms with Crippen molar-refractivity contribution in [2.24, 2.45) is 0 Å². The summed E-state index contributed by atoms with van der Waals surface area (Å²) in [6.45, 7) is 1.94. The predicted octanol–water partition coefficient (Wildman–Crippen LogP) is 1.52. The molecule has 2 atom stereocenters. The van der Waals surface area contributed by atoms with E-state index >= 15 is 0 Å². The monoisotopic (exact) mass is 229 g/mol. The molecule has 0 saturated heterocycles. The van der Waals surface area contributed by atoms with E-state index in [2.05, 4.69) is 11.2 Å². The first-order chi connectivity index (χ1) is 8.24. The van der Waals surface area contributed by atoms with Gasteiger partial charge in [0.15, 0.2) is 6.10 Å². The molecule has 0 aromatic heterocycles. The van der Waals surface area contributed by atoms with Gasteiger partial charge in [0.2, 0.25) is 0 Å². The van der Waals surface area contributed by atoms with Crippen molar-refractivity contribution < 1.29 is 9.53 Å². The van der Waals surface area contributed by atoms with E-state index in [0.717, 1.165) is 17.7 Å². The minimum atomic E-state index is -0.449. The van der Waals surface area contributed by atoms with Crippen LogP contribution >= 0.6 is 0 Å². The second-order valence-corrected chi connectivity index (χ2v) is 4.05. The molecule has 1 aliphatic heterocycles. The minimum Gasteiger partial charge on any atom is -0.480 e. The SMILES string of the molecule is C#CC(CC)NC(=O)C1Cc2ccccc2O1. The first kappa shape index (κ1) is 11.5. The van der Waals surface area contributed by atoms with Gasteiger partial charge in [0.1, 0.15) is 5.75 Å². The van der Waals surface area contributed by atoms with E-state index in [4.69, 9.17) is 11.2 Å². The molecule has 2 rings (SSSR count). The van der Waals surface area contributed by atoms with Crippen LogP contribution in [0.15, 0.2) is 24.3 Å². The van der Waals surface area contributed by atoms with Gasteiger partial charge < -0.3 is 10.1 Å². The number of hydrogen-bond donors (Lipinski definition) is 1. The number of nitrogens with one attached hydrogen (secondary N) is 1. The van der Waals surface area contributed by atoms with Crippen molar-refractivity contribution in [3.63, 3.8) is 0 Å². The number of benzene rings is 1. The van der Waals surface area contributed by atoms with Gasteiger partial charge in [0.05, 0.1) is 6.04 Å². The predicted molar refractivity (Wildman–Crippen MR) is 65.6 cm³/mol. The van der Waals surface area contributed by atoms with E-state index in [1.807, 2.05) is 31.2 Å². The van der Waals surface area contributed by atoms with Crippen LogP contribution in [0.2, 0.25) is 0 Å². The van der Waals surface area contributed by atoms with Gasteiger partial charge in [-0.25, -0.2) is 0 Å². The van der Waals surface area contributed by atoms with Crippen LogP contribution in [0.4, 0.5) is 0 Å². The molecule has 1 aromatic carbocycles. The number of terminal acetylenes is 1. The van der Waals surface area contributed by atoms with Crippen molar-refractivity contribution in [3.8, 4) is 18.1 Å². The zero-order chi connectivity index (χ0) is 12.3. The Labute approximate surface area is 101 Å². The number of rotatable bonds is 3. The molecule has 0 aliphatic carbocycles. The van der Waals surface area contributed by atoms with Crippen LogP contribution < -0.4 is 10.1 Å². The van der Waals surface area contributed by atoms with Crippen LogP contribution in [0, 0.1) is 12.3 Å². The van der Waals surface area contributed by atoms with Crippen molar-refractivity contribution in [3.05, 3.63) is 29.8 Å². The van der Waals surface area contributed by atoms with Crippen molar-refractivity contribution in [2.75, 3.05) is 0 Å². The van der Waals surface area contributed by atoms with Gasteiger partial charge in [0.25, 0.3) is 5.91 Å². The number of ether oxygens (including phenoxy) is 1. The number of carbonyl (C=O) groups is 1. The summed E-state index contributed by atoms with van der Waals surface area (Å²) in [5.41, 5.74) is 1.07. The van der Waals surface area contributed by atoms with Crippen molar-refractivity contribution in [1.29, 1.82) is 0 Å². The third kappa shape index (κ3) is 2.42. The van der Waals surface area contributed by atoms with E-state index < -0.39 is 6.10 Å². The molecule has 1 amide bonds. The van der Waals surface area contributed by atoms with Gasteiger partial charge in [-0.2, -0.15) is 0 Å². The number of amides is 1. The summed E-state index contributed by atoms with van der Waals surface area (Å²) in [6, 6.07) is 7.48. The molecule has 17 heavy (non-hydrogen) atoms. The summed E-state index contributed by atoms with van der Waals surface area (Å²) in [4.78, 5) is 11.9. The molecule has 0 fully saturated rings. The Kier molecular flexibility index (Phi) is 3.34. The van der Waals surface area contributed by atoms with Gasteiger partial charge >= 0.3 is 0 Å². The van der Waals surface area contributed by atoms with Crippen LogP contribution in [0.5, 0.6) is 5.75 Å². The highest BCUT2D eigenvalue weighted by molar-refractivity contribution is 5.83. The fourth-order valence-electron chi connectivity index (χ4n) is 1.85. The Hall–Kier alpha value is -1.95. The number of hydrogen-bond acceptors (Lipinski definition) is 2. The van der Waals surface area contributed by atoms with E-state index in [-0.39, 0.29) is 11.9 Å². The molecule has 2 unspecified atom stereocenters. The maximum Gasteiger partial charge on any atom is 0.262 e. The molecule has 3 nitrogen and oxygen atoms in total. The Morgan fingerprint density at radius 1 is 1.65 bits per heavy atom. The molecule has 1 aliphatic rings. The third-order valence-electron chi connectivity index (χ3n) is 2.87. The fraction of sp³-hybridized carbons (Fsp3) is 0.357. The Balaban J connectivity index is 1.99. The summed E-state index contributed by atoms with van der Waals surface area (Å²) in [5.74, 6) is 3.20. The lowest BCUT2D eigenvalue weighted by atomic mass is 10.1. The summed E-state index contributed by atoms with van der Waals surface area (Å²) in [5, 5.41) is 2.79. The molecule has 1 N–H and O–H groups in total. The van der Waals surface area contributed by atoms with Crippen LogP contribution in [0.25, 0.3) is 0 Å². The van der Waals surface area contributed by atoms with E-state index in [0.29, 0.717) is 6.42 Å². The average molecular weight is 229 g/mol. The zero-order valence-corrected chi connectivity index (χ0v) is 9.77. The van der Waals surface area contributed by atoms with Gasteiger partial charge in [-0.1, -0.05) is 31.0 Å². The lowest BCUT2D eigenvalue weighted by Gasteiger charge is -2.14. The minimum absolute atomic E-state index is 0.133. The van der Waals surface area contributed by atoms with E-state index in [1.165, 1.54) is 0 Å². The molecule has 3 heteroatoms. The standard InChI is InChI=1S/C14H15NO2/c1-3-11(4-2)15-14(16)13-9-10-7-5-6-8-12(10)17-13/h1,5-8,11,13H,4,9H2,2H3,(H,15,16). The average Bonchev–Trinajstić information content (AvgIpc) is 2.79. The van der Waals surface area contributed by atoms with E-state index in [9.17, 15) is 4.79 Å². The maximum atomic E-state index is 11.9. The summed E-state index contributed by atoms with van der Waals surface area (Å²) in [7, 11) is 0. The van der Waals surface area contributed by atoms with Crippen molar-refractivity contribution in [2.45, 2.75) is 31.9 Å². The van der Waals surface area contributed by atoms with Crippen LogP contribution in [-0.2, 0) is 11.2 Å². The summed E-state index contributed by atoms with van der Waals surface area (Å²) < 4.78 is 5.58.